The molecular formula is C22H21N3O2. The molecule has 0 bridgehead atoms. The van der Waals surface area contributed by atoms with Gasteiger partial charge in [-0.3, -0.25) is 0 Å². The van der Waals surface area contributed by atoms with Crippen molar-refractivity contribution in [2.45, 2.75) is 13.3 Å². The highest BCUT2D eigenvalue weighted by Crippen LogP contribution is 2.32. The van der Waals surface area contributed by atoms with Crippen LogP contribution in [0.5, 0.6) is 11.5 Å². The number of ether oxygens (including phenoxy) is 2. The van der Waals surface area contributed by atoms with E-state index in [-0.39, 0.29) is 0 Å². The van der Waals surface area contributed by atoms with Crippen molar-refractivity contribution < 1.29 is 9.47 Å². The Balaban J connectivity index is 1.79. The van der Waals surface area contributed by atoms with Crippen molar-refractivity contribution in [2.75, 3.05) is 14.2 Å². The standard InChI is InChI=1S/C22H21N3O2/c1-14-10-16-11-21(26-2)22(27-3)12-18(16)20(25-24-14)9-8-15-13-23-19-7-5-4-6-17(15)19/h4-9,11-13,23H,10H2,1-3H3/b9-8+. The van der Waals surface area contributed by atoms with Gasteiger partial charge in [0, 0.05) is 34.8 Å². The van der Waals surface area contributed by atoms with Gasteiger partial charge in [0.15, 0.2) is 11.5 Å². The lowest BCUT2D eigenvalue weighted by atomic mass is 9.97. The van der Waals surface area contributed by atoms with Gasteiger partial charge in [0.2, 0.25) is 0 Å². The molecular weight excluding hydrogens is 338 g/mol. The summed E-state index contributed by atoms with van der Waals surface area (Å²) in [7, 11) is 3.29. The third kappa shape index (κ3) is 3.24. The molecule has 0 aliphatic carbocycles. The number of benzene rings is 2. The molecule has 27 heavy (non-hydrogen) atoms. The number of methoxy groups -OCH3 is 2. The number of fused-ring (bicyclic) bond motifs is 2. The van der Waals surface area contributed by atoms with Gasteiger partial charge in [-0.2, -0.15) is 10.2 Å². The SMILES string of the molecule is COc1cc2c(cc1OC)C(/C=C/c1c[nH]c3ccccc13)=NN=C(C)C2. The van der Waals surface area contributed by atoms with Crippen LogP contribution >= 0.6 is 0 Å². The maximum atomic E-state index is 5.48. The van der Waals surface area contributed by atoms with E-state index >= 15 is 0 Å². The van der Waals surface area contributed by atoms with E-state index in [1.165, 1.54) is 5.39 Å². The van der Waals surface area contributed by atoms with Gasteiger partial charge >= 0.3 is 0 Å². The zero-order valence-electron chi connectivity index (χ0n) is 15.6. The smallest absolute Gasteiger partial charge is 0.161 e. The monoisotopic (exact) mass is 359 g/mol. The van der Waals surface area contributed by atoms with Crippen LogP contribution in [0.1, 0.15) is 23.6 Å². The average molecular weight is 359 g/mol. The van der Waals surface area contributed by atoms with E-state index < -0.39 is 0 Å². The Hall–Kier alpha value is -3.34. The first kappa shape index (κ1) is 17.1. The van der Waals surface area contributed by atoms with E-state index in [9.17, 15) is 0 Å². The van der Waals surface area contributed by atoms with Gasteiger partial charge in [0.25, 0.3) is 0 Å². The molecule has 4 rings (SSSR count). The topological polar surface area (TPSA) is 59.0 Å². The van der Waals surface area contributed by atoms with E-state index in [4.69, 9.17) is 9.47 Å². The molecule has 3 aromatic rings. The maximum absolute atomic E-state index is 5.48. The number of nitrogens with one attached hydrogen (secondary N) is 1. The van der Waals surface area contributed by atoms with Gasteiger partial charge in [-0.1, -0.05) is 24.3 Å². The largest absolute Gasteiger partial charge is 0.493 e. The number of rotatable bonds is 4. The number of hydrogen-bond donors (Lipinski definition) is 1. The summed E-state index contributed by atoms with van der Waals surface area (Å²) in [6, 6.07) is 12.2. The first-order valence-corrected chi connectivity index (χ1v) is 8.80. The van der Waals surface area contributed by atoms with Crippen LogP contribution in [0.15, 0.2) is 58.9 Å². The van der Waals surface area contributed by atoms with E-state index in [0.29, 0.717) is 11.5 Å². The molecule has 0 radical (unpaired) electrons. The van der Waals surface area contributed by atoms with Crippen LogP contribution in [-0.4, -0.2) is 30.6 Å². The molecule has 0 spiro atoms. The fourth-order valence-corrected chi connectivity index (χ4v) is 3.33. The molecule has 0 amide bonds. The van der Waals surface area contributed by atoms with E-state index in [2.05, 4.69) is 33.4 Å². The lowest BCUT2D eigenvalue weighted by molar-refractivity contribution is 0.354. The average Bonchev–Trinajstić information content (AvgIpc) is 3.04. The number of aromatic nitrogens is 1. The third-order valence-electron chi connectivity index (χ3n) is 4.70. The molecule has 1 aliphatic heterocycles. The van der Waals surface area contributed by atoms with Gasteiger partial charge in [-0.05, 0) is 42.3 Å². The molecule has 136 valence electrons. The predicted molar refractivity (Wildman–Crippen MR) is 110 cm³/mol. The van der Waals surface area contributed by atoms with Crippen molar-refractivity contribution in [3.63, 3.8) is 0 Å². The van der Waals surface area contributed by atoms with Crippen molar-refractivity contribution in [2.24, 2.45) is 10.2 Å². The number of H-pyrrole nitrogens is 1. The summed E-state index contributed by atoms with van der Waals surface area (Å²) in [5, 5.41) is 10.0. The summed E-state index contributed by atoms with van der Waals surface area (Å²) in [5.41, 5.74) is 6.10. The highest BCUT2D eigenvalue weighted by Gasteiger charge is 2.17. The first-order valence-electron chi connectivity index (χ1n) is 8.80. The zero-order chi connectivity index (χ0) is 18.8. The molecule has 5 nitrogen and oxygen atoms in total. The molecule has 0 unspecified atom stereocenters. The number of allylic oxidation sites excluding steroid dienone is 1. The second-order valence-corrected chi connectivity index (χ2v) is 6.48. The Morgan fingerprint density at radius 2 is 1.78 bits per heavy atom. The van der Waals surface area contributed by atoms with Crippen molar-refractivity contribution in [1.29, 1.82) is 0 Å². The number of para-hydroxylation sites is 1. The molecule has 0 atom stereocenters. The lowest BCUT2D eigenvalue weighted by Crippen LogP contribution is -2.05. The Morgan fingerprint density at radius 1 is 1.00 bits per heavy atom. The van der Waals surface area contributed by atoms with Gasteiger partial charge in [0.1, 0.15) is 0 Å². The van der Waals surface area contributed by atoms with E-state index in [1.54, 1.807) is 14.2 Å². The number of aromatic amines is 1. The molecule has 0 saturated heterocycles. The first-order chi connectivity index (χ1) is 13.2. The van der Waals surface area contributed by atoms with Crippen LogP contribution in [0.3, 0.4) is 0 Å². The minimum Gasteiger partial charge on any atom is -0.493 e. The normalized spacial score (nSPS) is 13.9. The summed E-state index contributed by atoms with van der Waals surface area (Å²) >= 11 is 0. The van der Waals surface area contributed by atoms with Crippen molar-refractivity contribution >= 4 is 28.4 Å². The highest BCUT2D eigenvalue weighted by molar-refractivity contribution is 6.14. The Morgan fingerprint density at radius 3 is 2.59 bits per heavy atom. The molecule has 2 aromatic carbocycles. The third-order valence-corrected chi connectivity index (χ3v) is 4.70. The number of nitrogens with zero attached hydrogens (tertiary/aromatic N) is 2. The molecule has 2 heterocycles. The minimum atomic E-state index is 0.684. The summed E-state index contributed by atoms with van der Waals surface area (Å²) < 4.78 is 10.9. The van der Waals surface area contributed by atoms with E-state index in [1.807, 2.05) is 43.5 Å². The summed E-state index contributed by atoms with van der Waals surface area (Å²) in [6.07, 6.45) is 6.79. The van der Waals surface area contributed by atoms with Crippen molar-refractivity contribution in [1.82, 2.24) is 4.98 Å². The Labute approximate surface area is 158 Å². The summed E-state index contributed by atoms with van der Waals surface area (Å²) in [4.78, 5) is 3.29. The second-order valence-electron chi connectivity index (χ2n) is 6.48. The van der Waals surface area contributed by atoms with Crippen LogP contribution in [-0.2, 0) is 6.42 Å². The highest BCUT2D eigenvalue weighted by atomic mass is 16.5. The fraction of sp³-hybridized carbons (Fsp3) is 0.182. The fourth-order valence-electron chi connectivity index (χ4n) is 3.33. The van der Waals surface area contributed by atoms with Crippen LogP contribution in [0.25, 0.3) is 17.0 Å². The molecule has 5 heteroatoms. The maximum Gasteiger partial charge on any atom is 0.161 e. The van der Waals surface area contributed by atoms with Crippen LogP contribution in [0.4, 0.5) is 0 Å². The Bertz CT molecular complexity index is 1090. The zero-order valence-corrected chi connectivity index (χ0v) is 15.6. The molecule has 0 saturated carbocycles. The van der Waals surface area contributed by atoms with Crippen LogP contribution in [0.2, 0.25) is 0 Å². The molecule has 1 aromatic heterocycles. The molecule has 1 aliphatic rings. The second kappa shape index (κ2) is 7.11. The lowest BCUT2D eigenvalue weighted by Gasteiger charge is -2.13. The van der Waals surface area contributed by atoms with Crippen molar-refractivity contribution in [3.05, 3.63) is 65.4 Å². The van der Waals surface area contributed by atoms with Gasteiger partial charge in [-0.15, -0.1) is 0 Å². The summed E-state index contributed by atoms with van der Waals surface area (Å²) in [6.45, 7) is 1.98. The van der Waals surface area contributed by atoms with Crippen molar-refractivity contribution in [3.8, 4) is 11.5 Å². The van der Waals surface area contributed by atoms with Gasteiger partial charge in [-0.25, -0.2) is 0 Å². The van der Waals surface area contributed by atoms with Crippen LogP contribution < -0.4 is 9.47 Å². The number of hydrogen-bond acceptors (Lipinski definition) is 4. The minimum absolute atomic E-state index is 0.684. The van der Waals surface area contributed by atoms with Crippen LogP contribution in [0, 0.1) is 0 Å². The molecule has 0 fully saturated rings. The van der Waals surface area contributed by atoms with Gasteiger partial charge < -0.3 is 14.5 Å². The molecule has 1 N–H and O–H groups in total. The van der Waals surface area contributed by atoms with E-state index in [0.717, 1.165) is 40.1 Å². The van der Waals surface area contributed by atoms with Gasteiger partial charge in [0.05, 0.1) is 19.9 Å². The predicted octanol–water partition coefficient (Wildman–Crippen LogP) is 4.62. The Kier molecular flexibility index (Phi) is 4.50. The quantitative estimate of drug-likeness (QED) is 0.739. The summed E-state index contributed by atoms with van der Waals surface area (Å²) in [5.74, 6) is 1.40.